The van der Waals surface area contributed by atoms with Gasteiger partial charge in [0.05, 0.1) is 11.0 Å². The average molecular weight is 399 g/mol. The lowest BCUT2D eigenvalue weighted by molar-refractivity contribution is 0.246. The second-order valence-electron chi connectivity index (χ2n) is 5.53. The lowest BCUT2D eigenvalue weighted by Crippen LogP contribution is -2.22. The normalized spacial score (nSPS) is 11.4. The smallest absolute Gasteiger partial charge is 0.199 e. The number of hydrogen-bond donors (Lipinski definition) is 0. The predicted molar refractivity (Wildman–Crippen MR) is 103 cm³/mol. The average Bonchev–Trinajstić information content (AvgIpc) is 3.06. The van der Waals surface area contributed by atoms with Crippen LogP contribution >= 0.6 is 46.8 Å². The monoisotopic (exact) mass is 398 g/mol. The van der Waals surface area contributed by atoms with Crippen molar-refractivity contribution in [1.82, 2.24) is 19.2 Å². The summed E-state index contributed by atoms with van der Waals surface area (Å²) in [5.41, 5.74) is 0.986. The van der Waals surface area contributed by atoms with Gasteiger partial charge in [0.1, 0.15) is 0 Å². The maximum atomic E-state index is 5.99. The quantitative estimate of drug-likeness (QED) is 0.560. The SMILES string of the molecule is CN(Cc1ccc(Cl)s1)Cn1nc(-c2ccc(Cl)cc2)n(C)c1=S. The summed E-state index contributed by atoms with van der Waals surface area (Å²) in [4.78, 5) is 3.36. The van der Waals surface area contributed by atoms with E-state index in [9.17, 15) is 0 Å². The van der Waals surface area contributed by atoms with E-state index >= 15 is 0 Å². The van der Waals surface area contributed by atoms with Crippen LogP contribution in [0, 0.1) is 4.77 Å². The van der Waals surface area contributed by atoms with Gasteiger partial charge in [-0.3, -0.25) is 4.90 Å². The van der Waals surface area contributed by atoms with Gasteiger partial charge in [0.15, 0.2) is 10.6 Å². The Morgan fingerprint density at radius 2 is 1.88 bits per heavy atom. The third-order valence-electron chi connectivity index (χ3n) is 3.57. The first-order chi connectivity index (χ1) is 11.4. The van der Waals surface area contributed by atoms with Crippen molar-refractivity contribution < 1.29 is 0 Å². The molecule has 0 unspecified atom stereocenters. The van der Waals surface area contributed by atoms with Crippen LogP contribution in [0.25, 0.3) is 11.4 Å². The summed E-state index contributed by atoms with van der Waals surface area (Å²) in [6.45, 7) is 1.40. The molecule has 0 bridgehead atoms. The number of rotatable bonds is 5. The molecule has 4 nitrogen and oxygen atoms in total. The lowest BCUT2D eigenvalue weighted by Gasteiger charge is -2.15. The highest BCUT2D eigenvalue weighted by molar-refractivity contribution is 7.71. The summed E-state index contributed by atoms with van der Waals surface area (Å²) < 4.78 is 5.22. The van der Waals surface area contributed by atoms with Crippen LogP contribution in [0.2, 0.25) is 9.36 Å². The van der Waals surface area contributed by atoms with E-state index in [2.05, 4.69) is 10.00 Å². The molecule has 0 radical (unpaired) electrons. The van der Waals surface area contributed by atoms with Crippen LogP contribution in [-0.2, 0) is 20.3 Å². The molecule has 1 aromatic carbocycles. The van der Waals surface area contributed by atoms with E-state index in [1.165, 1.54) is 4.88 Å². The Bertz CT molecular complexity index is 896. The highest BCUT2D eigenvalue weighted by Gasteiger charge is 2.12. The van der Waals surface area contributed by atoms with Crippen molar-refractivity contribution in [1.29, 1.82) is 0 Å². The van der Waals surface area contributed by atoms with Gasteiger partial charge in [-0.15, -0.1) is 11.3 Å². The summed E-state index contributed by atoms with van der Waals surface area (Å²) in [5, 5.41) is 5.37. The third kappa shape index (κ3) is 3.90. The Morgan fingerprint density at radius 1 is 1.17 bits per heavy atom. The first kappa shape index (κ1) is 17.6. The summed E-state index contributed by atoms with van der Waals surface area (Å²) in [5.74, 6) is 0.823. The molecule has 0 saturated heterocycles. The van der Waals surface area contributed by atoms with Gasteiger partial charge in [0.25, 0.3) is 0 Å². The van der Waals surface area contributed by atoms with Crippen molar-refractivity contribution in [2.75, 3.05) is 7.05 Å². The highest BCUT2D eigenvalue weighted by atomic mass is 35.5. The molecular formula is C16H16Cl2N4S2. The highest BCUT2D eigenvalue weighted by Crippen LogP contribution is 2.23. The van der Waals surface area contributed by atoms with E-state index in [1.54, 1.807) is 11.3 Å². The van der Waals surface area contributed by atoms with Crippen LogP contribution in [0.3, 0.4) is 0 Å². The maximum absolute atomic E-state index is 5.99. The molecule has 3 rings (SSSR count). The molecule has 0 aliphatic rings. The molecule has 126 valence electrons. The van der Waals surface area contributed by atoms with Crippen molar-refractivity contribution in [2.24, 2.45) is 7.05 Å². The molecule has 0 atom stereocenters. The Hall–Kier alpha value is -1.18. The molecule has 0 fully saturated rings. The molecule has 0 spiro atoms. The van der Waals surface area contributed by atoms with E-state index in [-0.39, 0.29) is 0 Å². The van der Waals surface area contributed by atoms with Crippen LogP contribution in [0.15, 0.2) is 36.4 Å². The van der Waals surface area contributed by atoms with E-state index in [0.717, 1.165) is 22.3 Å². The van der Waals surface area contributed by atoms with Gasteiger partial charge in [0.2, 0.25) is 0 Å². The minimum absolute atomic E-state index is 0.607. The zero-order valence-corrected chi connectivity index (χ0v) is 16.4. The number of thiophene rings is 1. The number of hydrogen-bond acceptors (Lipinski definition) is 4. The standard InChI is InChI=1S/C16H16Cl2N4S2/c1-20(9-13-7-8-14(18)24-13)10-22-16(23)21(2)15(19-22)11-3-5-12(17)6-4-11/h3-8H,9-10H2,1-2H3. The summed E-state index contributed by atoms with van der Waals surface area (Å²) >= 11 is 19.0. The Balaban J connectivity index is 1.80. The fraction of sp³-hybridized carbons (Fsp3) is 0.250. The lowest BCUT2D eigenvalue weighted by atomic mass is 10.2. The Labute approximate surface area is 159 Å². The molecule has 2 heterocycles. The molecule has 8 heteroatoms. The third-order valence-corrected chi connectivity index (χ3v) is 5.53. The van der Waals surface area contributed by atoms with Crippen molar-refractivity contribution >= 4 is 46.8 Å². The number of aromatic nitrogens is 3. The molecular weight excluding hydrogens is 383 g/mol. The Kier molecular flexibility index (Phi) is 5.42. The zero-order valence-electron chi connectivity index (χ0n) is 13.2. The molecule has 0 saturated carbocycles. The maximum Gasteiger partial charge on any atom is 0.199 e. The van der Waals surface area contributed by atoms with E-state index in [0.29, 0.717) is 16.5 Å². The summed E-state index contributed by atoms with van der Waals surface area (Å²) in [6, 6.07) is 11.6. The van der Waals surface area contributed by atoms with Crippen molar-refractivity contribution in [3.8, 4) is 11.4 Å². The van der Waals surface area contributed by atoms with Gasteiger partial charge in [-0.2, -0.15) is 5.10 Å². The van der Waals surface area contributed by atoms with Crippen molar-refractivity contribution in [2.45, 2.75) is 13.2 Å². The minimum atomic E-state index is 0.607. The second-order valence-corrected chi connectivity index (χ2v) is 8.13. The summed E-state index contributed by atoms with van der Waals surface area (Å²) in [7, 11) is 3.96. The van der Waals surface area contributed by atoms with Crippen LogP contribution in [0.1, 0.15) is 4.88 Å². The first-order valence-corrected chi connectivity index (χ1v) is 9.24. The molecule has 0 aliphatic heterocycles. The molecule has 2 aromatic heterocycles. The topological polar surface area (TPSA) is 26.0 Å². The Morgan fingerprint density at radius 3 is 2.50 bits per heavy atom. The molecule has 0 N–H and O–H groups in total. The van der Waals surface area contributed by atoms with Gasteiger partial charge in [-0.05, 0) is 55.7 Å². The van der Waals surface area contributed by atoms with E-state index in [4.69, 9.17) is 35.4 Å². The molecule has 0 aliphatic carbocycles. The van der Waals surface area contributed by atoms with Crippen LogP contribution in [0.5, 0.6) is 0 Å². The second kappa shape index (κ2) is 7.37. The minimum Gasteiger partial charge on any atom is -0.303 e. The van der Waals surface area contributed by atoms with Gasteiger partial charge in [-0.1, -0.05) is 23.2 Å². The van der Waals surface area contributed by atoms with Gasteiger partial charge in [0, 0.05) is 29.1 Å². The number of nitrogens with zero attached hydrogens (tertiary/aromatic N) is 4. The van der Waals surface area contributed by atoms with Crippen molar-refractivity contribution in [3.63, 3.8) is 0 Å². The zero-order chi connectivity index (χ0) is 17.3. The van der Waals surface area contributed by atoms with Gasteiger partial charge < -0.3 is 4.57 Å². The number of halogens is 2. The van der Waals surface area contributed by atoms with E-state index in [1.807, 2.05) is 59.7 Å². The number of benzene rings is 1. The fourth-order valence-electron chi connectivity index (χ4n) is 2.41. The molecule has 3 aromatic rings. The van der Waals surface area contributed by atoms with Crippen LogP contribution in [0.4, 0.5) is 0 Å². The van der Waals surface area contributed by atoms with Gasteiger partial charge in [-0.25, -0.2) is 4.68 Å². The van der Waals surface area contributed by atoms with Crippen LogP contribution < -0.4 is 0 Å². The van der Waals surface area contributed by atoms with Crippen molar-refractivity contribution in [3.05, 3.63) is 55.4 Å². The largest absolute Gasteiger partial charge is 0.303 e. The molecule has 0 amide bonds. The fourth-order valence-corrected chi connectivity index (χ4v) is 3.89. The van der Waals surface area contributed by atoms with E-state index < -0.39 is 0 Å². The predicted octanol–water partition coefficient (Wildman–Crippen LogP) is 5.08. The van der Waals surface area contributed by atoms with Crippen LogP contribution in [-0.4, -0.2) is 26.3 Å². The first-order valence-electron chi connectivity index (χ1n) is 7.26. The molecule has 24 heavy (non-hydrogen) atoms. The van der Waals surface area contributed by atoms with Gasteiger partial charge >= 0.3 is 0 Å². The summed E-state index contributed by atoms with van der Waals surface area (Å²) in [6.07, 6.45) is 0.